The van der Waals surface area contributed by atoms with Crippen LogP contribution in [-0.4, -0.2) is 23.6 Å². The first-order valence-electron chi connectivity index (χ1n) is 7.35. The van der Waals surface area contributed by atoms with Crippen LogP contribution in [0, 0.1) is 0 Å². The first-order chi connectivity index (χ1) is 8.75. The van der Waals surface area contributed by atoms with Gasteiger partial charge < -0.3 is 0 Å². The molecule has 0 aromatic heterocycles. The summed E-state index contributed by atoms with van der Waals surface area (Å²) in [7, 11) is 0. The Labute approximate surface area is 110 Å². The van der Waals surface area contributed by atoms with E-state index >= 15 is 0 Å². The van der Waals surface area contributed by atoms with Crippen LogP contribution in [0.15, 0.2) is 24.3 Å². The highest BCUT2D eigenvalue weighted by Gasteiger charge is 2.28. The molecule has 3 rings (SSSR count). The van der Waals surface area contributed by atoms with E-state index in [1.807, 2.05) is 0 Å². The zero-order valence-electron chi connectivity index (χ0n) is 11.5. The number of hydrogen-bond donors (Lipinski definition) is 1. The molecule has 18 heavy (non-hydrogen) atoms. The van der Waals surface area contributed by atoms with Crippen LogP contribution in [0.3, 0.4) is 0 Å². The lowest BCUT2D eigenvalue weighted by Gasteiger charge is -2.41. The molecule has 0 radical (unpaired) electrons. The highest BCUT2D eigenvalue weighted by atomic mass is 15.5. The van der Waals surface area contributed by atoms with Crippen molar-refractivity contribution in [1.29, 1.82) is 0 Å². The molecule has 1 aliphatic carbocycles. The van der Waals surface area contributed by atoms with Gasteiger partial charge in [-0.1, -0.05) is 30.7 Å². The number of fused-ring (bicyclic) bond motifs is 1. The normalized spacial score (nSPS) is 31.8. The Hall–Kier alpha value is -0.860. The molecule has 98 valence electrons. The summed E-state index contributed by atoms with van der Waals surface area (Å²) in [6.07, 6.45) is 5.30. The van der Waals surface area contributed by atoms with Gasteiger partial charge in [-0.05, 0) is 44.2 Å². The van der Waals surface area contributed by atoms with E-state index in [9.17, 15) is 0 Å². The SMILES string of the molecule is CC1CCCC(C)N1NCC1Cc2ccccc21. The molecule has 1 aliphatic heterocycles. The van der Waals surface area contributed by atoms with Gasteiger partial charge in [-0.3, -0.25) is 5.43 Å². The fourth-order valence-electron chi connectivity index (χ4n) is 3.49. The summed E-state index contributed by atoms with van der Waals surface area (Å²) in [5.74, 6) is 0.725. The van der Waals surface area contributed by atoms with Crippen molar-refractivity contribution in [2.75, 3.05) is 6.54 Å². The number of rotatable bonds is 3. The smallest absolute Gasteiger partial charge is 0.0218 e. The zero-order valence-corrected chi connectivity index (χ0v) is 11.5. The van der Waals surface area contributed by atoms with Crippen LogP contribution < -0.4 is 5.43 Å². The third kappa shape index (κ3) is 2.19. The second-order valence-corrected chi connectivity index (χ2v) is 6.00. The lowest BCUT2D eigenvalue weighted by Crippen LogP contribution is -2.53. The average molecular weight is 244 g/mol. The second-order valence-electron chi connectivity index (χ2n) is 6.00. The molecule has 1 saturated heterocycles. The molecular weight excluding hydrogens is 220 g/mol. The number of benzene rings is 1. The van der Waals surface area contributed by atoms with Crippen LogP contribution in [0.4, 0.5) is 0 Å². The van der Waals surface area contributed by atoms with E-state index in [1.165, 1.54) is 25.7 Å². The molecule has 1 fully saturated rings. The van der Waals surface area contributed by atoms with Gasteiger partial charge in [0.2, 0.25) is 0 Å². The Bertz CT molecular complexity index is 405. The Balaban J connectivity index is 1.56. The molecule has 0 spiro atoms. The fourth-order valence-corrected chi connectivity index (χ4v) is 3.49. The van der Waals surface area contributed by atoms with Gasteiger partial charge in [-0.15, -0.1) is 0 Å². The standard InChI is InChI=1S/C16H24N2/c1-12-6-5-7-13(2)18(12)17-11-15-10-14-8-3-4-9-16(14)15/h3-4,8-9,12-13,15,17H,5-7,10-11H2,1-2H3. The Morgan fingerprint density at radius 1 is 1.17 bits per heavy atom. The number of nitrogens with zero attached hydrogens (tertiary/aromatic N) is 1. The van der Waals surface area contributed by atoms with Crippen LogP contribution in [0.1, 0.15) is 50.2 Å². The number of hydrogen-bond acceptors (Lipinski definition) is 2. The number of nitrogens with one attached hydrogen (secondary N) is 1. The van der Waals surface area contributed by atoms with E-state index in [0.29, 0.717) is 12.1 Å². The monoisotopic (exact) mass is 244 g/mol. The van der Waals surface area contributed by atoms with Crippen molar-refractivity contribution in [3.8, 4) is 0 Å². The van der Waals surface area contributed by atoms with Crippen molar-refractivity contribution in [2.24, 2.45) is 0 Å². The summed E-state index contributed by atoms with van der Waals surface area (Å²) in [6, 6.07) is 10.2. The topological polar surface area (TPSA) is 15.3 Å². The third-order valence-electron chi connectivity index (χ3n) is 4.68. The lowest BCUT2D eigenvalue weighted by atomic mass is 9.78. The maximum atomic E-state index is 3.70. The van der Waals surface area contributed by atoms with Crippen molar-refractivity contribution in [2.45, 2.75) is 57.5 Å². The molecule has 3 unspecified atom stereocenters. The summed E-state index contributed by atoms with van der Waals surface area (Å²) in [5.41, 5.74) is 6.80. The average Bonchev–Trinajstić information content (AvgIpc) is 2.33. The van der Waals surface area contributed by atoms with Gasteiger partial charge in [0.15, 0.2) is 0 Å². The highest BCUT2D eigenvalue weighted by molar-refractivity contribution is 5.40. The predicted molar refractivity (Wildman–Crippen MR) is 75.5 cm³/mol. The minimum Gasteiger partial charge on any atom is -0.254 e. The Morgan fingerprint density at radius 3 is 2.61 bits per heavy atom. The van der Waals surface area contributed by atoms with Gasteiger partial charge in [-0.2, -0.15) is 0 Å². The molecule has 2 aliphatic rings. The van der Waals surface area contributed by atoms with E-state index in [1.54, 1.807) is 11.1 Å². The van der Waals surface area contributed by atoms with Crippen LogP contribution in [0.5, 0.6) is 0 Å². The second kappa shape index (κ2) is 5.02. The summed E-state index contributed by atoms with van der Waals surface area (Å²) in [4.78, 5) is 0. The van der Waals surface area contributed by atoms with Gasteiger partial charge in [0, 0.05) is 24.5 Å². The minimum absolute atomic E-state index is 0.684. The molecule has 0 amide bonds. The van der Waals surface area contributed by atoms with E-state index in [0.717, 1.165) is 12.5 Å². The number of piperidine rings is 1. The van der Waals surface area contributed by atoms with Crippen molar-refractivity contribution in [3.05, 3.63) is 35.4 Å². The summed E-state index contributed by atoms with van der Waals surface area (Å²) in [5, 5.41) is 2.49. The molecule has 1 aromatic carbocycles. The zero-order chi connectivity index (χ0) is 12.5. The van der Waals surface area contributed by atoms with Gasteiger partial charge in [-0.25, -0.2) is 5.01 Å². The maximum Gasteiger partial charge on any atom is 0.0218 e. The first-order valence-corrected chi connectivity index (χ1v) is 7.35. The highest BCUT2D eigenvalue weighted by Crippen LogP contribution is 2.34. The molecule has 2 heteroatoms. The molecule has 0 bridgehead atoms. The molecule has 1 N–H and O–H groups in total. The van der Waals surface area contributed by atoms with Crippen molar-refractivity contribution in [3.63, 3.8) is 0 Å². The van der Waals surface area contributed by atoms with Crippen molar-refractivity contribution in [1.82, 2.24) is 10.4 Å². The van der Waals surface area contributed by atoms with E-state index in [-0.39, 0.29) is 0 Å². The largest absolute Gasteiger partial charge is 0.254 e. The van der Waals surface area contributed by atoms with E-state index < -0.39 is 0 Å². The van der Waals surface area contributed by atoms with Crippen molar-refractivity contribution < 1.29 is 0 Å². The van der Waals surface area contributed by atoms with Crippen LogP contribution in [-0.2, 0) is 6.42 Å². The van der Waals surface area contributed by atoms with Gasteiger partial charge in [0.25, 0.3) is 0 Å². The summed E-state index contributed by atoms with van der Waals surface area (Å²) in [6.45, 7) is 5.79. The van der Waals surface area contributed by atoms with Crippen LogP contribution >= 0.6 is 0 Å². The van der Waals surface area contributed by atoms with Gasteiger partial charge >= 0.3 is 0 Å². The van der Waals surface area contributed by atoms with E-state index in [2.05, 4.69) is 48.5 Å². The number of hydrazine groups is 1. The summed E-state index contributed by atoms with van der Waals surface area (Å²) >= 11 is 0. The van der Waals surface area contributed by atoms with Gasteiger partial charge in [0.1, 0.15) is 0 Å². The molecule has 3 atom stereocenters. The fraction of sp³-hybridized carbons (Fsp3) is 0.625. The lowest BCUT2D eigenvalue weighted by molar-refractivity contribution is 0.0433. The molecule has 2 nitrogen and oxygen atoms in total. The Kier molecular flexibility index (Phi) is 3.40. The van der Waals surface area contributed by atoms with E-state index in [4.69, 9.17) is 0 Å². The Morgan fingerprint density at radius 2 is 1.89 bits per heavy atom. The van der Waals surface area contributed by atoms with Crippen LogP contribution in [0.25, 0.3) is 0 Å². The maximum absolute atomic E-state index is 3.70. The molecular formula is C16H24N2. The molecule has 0 saturated carbocycles. The van der Waals surface area contributed by atoms with Crippen LogP contribution in [0.2, 0.25) is 0 Å². The summed E-state index contributed by atoms with van der Waals surface area (Å²) < 4.78 is 0. The predicted octanol–water partition coefficient (Wildman–Crippen LogP) is 3.09. The third-order valence-corrected chi connectivity index (χ3v) is 4.68. The quantitative estimate of drug-likeness (QED) is 0.879. The molecule has 1 aromatic rings. The molecule has 1 heterocycles. The minimum atomic E-state index is 0.684. The first kappa shape index (κ1) is 12.2. The van der Waals surface area contributed by atoms with Crippen molar-refractivity contribution >= 4 is 0 Å². The van der Waals surface area contributed by atoms with Gasteiger partial charge in [0.05, 0.1) is 0 Å².